The summed E-state index contributed by atoms with van der Waals surface area (Å²) in [5, 5.41) is 3.19. The Morgan fingerprint density at radius 1 is 1.55 bits per heavy atom. The molecular weight excluding hydrogens is 136 g/mol. The van der Waals surface area contributed by atoms with Crippen LogP contribution in [0.1, 0.15) is 27.2 Å². The van der Waals surface area contributed by atoms with Crippen molar-refractivity contribution in [1.29, 1.82) is 0 Å². The molecule has 0 rings (SSSR count). The molecule has 0 aliphatic rings. The lowest BCUT2D eigenvalue weighted by Crippen LogP contribution is -2.32. The van der Waals surface area contributed by atoms with Crippen molar-refractivity contribution in [1.82, 2.24) is 5.32 Å². The predicted octanol–water partition coefficient (Wildman–Crippen LogP) is 1.48. The number of likely N-dealkylation sites (N-methyl/N-ethyl adjacent to an activating group) is 1. The van der Waals surface area contributed by atoms with Crippen molar-refractivity contribution in [2.45, 2.75) is 33.2 Å². The Bertz CT molecular complexity index is 128. The molecule has 0 amide bonds. The second kappa shape index (κ2) is 5.19. The Balaban J connectivity index is 3.95. The van der Waals surface area contributed by atoms with Crippen LogP contribution in [0.4, 0.5) is 0 Å². The number of allylic oxidation sites excluding steroid dienone is 1. The van der Waals surface area contributed by atoms with E-state index in [0.717, 1.165) is 12.1 Å². The third-order valence-electron chi connectivity index (χ3n) is 1.79. The maximum absolute atomic E-state index is 5.77. The van der Waals surface area contributed by atoms with Crippen LogP contribution in [-0.2, 0) is 0 Å². The van der Waals surface area contributed by atoms with Gasteiger partial charge in [0.05, 0.1) is 0 Å². The molecule has 2 heteroatoms. The molecule has 0 spiro atoms. The fourth-order valence-electron chi connectivity index (χ4n) is 1.09. The Labute approximate surface area is 69.9 Å². The summed E-state index contributed by atoms with van der Waals surface area (Å²) in [5.74, 6) is 0.686. The van der Waals surface area contributed by atoms with E-state index in [1.54, 1.807) is 0 Å². The molecule has 0 aromatic carbocycles. The molecular formula is C9H20N2. The summed E-state index contributed by atoms with van der Waals surface area (Å²) in [6, 6.07) is 0.347. The van der Waals surface area contributed by atoms with Gasteiger partial charge < -0.3 is 11.1 Å². The molecule has 0 fully saturated rings. The highest BCUT2D eigenvalue weighted by atomic mass is 14.9. The Kier molecular flexibility index (Phi) is 4.95. The van der Waals surface area contributed by atoms with Crippen molar-refractivity contribution in [3.63, 3.8) is 0 Å². The lowest BCUT2D eigenvalue weighted by atomic mass is 10.0. The van der Waals surface area contributed by atoms with Crippen LogP contribution in [0.3, 0.4) is 0 Å². The van der Waals surface area contributed by atoms with Crippen LogP contribution in [0.5, 0.6) is 0 Å². The first-order chi connectivity index (χ1) is 5.11. The highest BCUT2D eigenvalue weighted by molar-refractivity contribution is 5.04. The van der Waals surface area contributed by atoms with E-state index in [2.05, 4.69) is 19.2 Å². The van der Waals surface area contributed by atoms with Crippen molar-refractivity contribution in [3.05, 3.63) is 11.8 Å². The van der Waals surface area contributed by atoms with Crippen LogP contribution < -0.4 is 11.1 Å². The summed E-state index contributed by atoms with van der Waals surface area (Å²) in [5.41, 5.74) is 6.72. The minimum atomic E-state index is 0.347. The zero-order valence-electron chi connectivity index (χ0n) is 8.02. The molecule has 0 heterocycles. The van der Waals surface area contributed by atoms with Crippen LogP contribution in [0, 0.1) is 5.92 Å². The van der Waals surface area contributed by atoms with Gasteiger partial charge in [0.15, 0.2) is 0 Å². The zero-order valence-corrected chi connectivity index (χ0v) is 8.02. The summed E-state index contributed by atoms with van der Waals surface area (Å²) in [6.07, 6.45) is 3.07. The summed E-state index contributed by atoms with van der Waals surface area (Å²) >= 11 is 0. The van der Waals surface area contributed by atoms with Gasteiger partial charge in [-0.25, -0.2) is 0 Å². The lowest BCUT2D eigenvalue weighted by Gasteiger charge is -2.18. The van der Waals surface area contributed by atoms with E-state index in [-0.39, 0.29) is 0 Å². The molecule has 2 nitrogen and oxygen atoms in total. The van der Waals surface area contributed by atoms with Crippen LogP contribution in [0.2, 0.25) is 0 Å². The fourth-order valence-corrected chi connectivity index (χ4v) is 1.09. The minimum Gasteiger partial charge on any atom is -0.401 e. The summed E-state index contributed by atoms with van der Waals surface area (Å²) in [4.78, 5) is 0. The Morgan fingerprint density at radius 3 is 2.36 bits per heavy atom. The monoisotopic (exact) mass is 156 g/mol. The van der Waals surface area contributed by atoms with Gasteiger partial charge in [-0.05, 0) is 26.3 Å². The van der Waals surface area contributed by atoms with E-state index in [9.17, 15) is 0 Å². The standard InChI is InChI=1S/C9H20N2/c1-5-8(10)9(11-4)6-7(2)3/h5,7,9,11H,6,10H2,1-4H3/b8-5+. The first-order valence-corrected chi connectivity index (χ1v) is 4.20. The van der Waals surface area contributed by atoms with Gasteiger partial charge >= 0.3 is 0 Å². The van der Waals surface area contributed by atoms with Gasteiger partial charge in [0.2, 0.25) is 0 Å². The summed E-state index contributed by atoms with van der Waals surface area (Å²) in [6.45, 7) is 6.38. The second-order valence-electron chi connectivity index (χ2n) is 3.26. The lowest BCUT2D eigenvalue weighted by molar-refractivity contribution is 0.481. The van der Waals surface area contributed by atoms with Crippen molar-refractivity contribution in [2.75, 3.05) is 7.05 Å². The second-order valence-corrected chi connectivity index (χ2v) is 3.26. The minimum absolute atomic E-state index is 0.347. The van der Waals surface area contributed by atoms with Crippen molar-refractivity contribution in [3.8, 4) is 0 Å². The molecule has 3 N–H and O–H groups in total. The van der Waals surface area contributed by atoms with Gasteiger partial charge in [0, 0.05) is 11.7 Å². The molecule has 0 radical (unpaired) electrons. The molecule has 11 heavy (non-hydrogen) atoms. The smallest absolute Gasteiger partial charge is 0.0464 e. The number of hydrogen-bond donors (Lipinski definition) is 2. The van der Waals surface area contributed by atoms with Gasteiger partial charge in [-0.3, -0.25) is 0 Å². The van der Waals surface area contributed by atoms with E-state index in [4.69, 9.17) is 5.73 Å². The van der Waals surface area contributed by atoms with E-state index >= 15 is 0 Å². The number of rotatable bonds is 4. The first-order valence-electron chi connectivity index (χ1n) is 4.20. The van der Waals surface area contributed by atoms with Crippen molar-refractivity contribution < 1.29 is 0 Å². The maximum atomic E-state index is 5.77. The van der Waals surface area contributed by atoms with Gasteiger partial charge in [-0.2, -0.15) is 0 Å². The molecule has 66 valence electrons. The van der Waals surface area contributed by atoms with Gasteiger partial charge in [-0.1, -0.05) is 19.9 Å². The summed E-state index contributed by atoms with van der Waals surface area (Å²) < 4.78 is 0. The maximum Gasteiger partial charge on any atom is 0.0464 e. The van der Waals surface area contributed by atoms with Gasteiger partial charge in [0.25, 0.3) is 0 Å². The molecule has 0 aromatic rings. The normalized spacial score (nSPS) is 15.5. The molecule has 0 saturated heterocycles. The SMILES string of the molecule is C/C=C(/N)C(CC(C)C)NC. The third kappa shape index (κ3) is 4.04. The van der Waals surface area contributed by atoms with E-state index < -0.39 is 0 Å². The molecule has 1 atom stereocenters. The highest BCUT2D eigenvalue weighted by Gasteiger charge is 2.09. The van der Waals surface area contributed by atoms with Crippen molar-refractivity contribution in [2.24, 2.45) is 11.7 Å². The van der Waals surface area contributed by atoms with Crippen LogP contribution in [0.15, 0.2) is 11.8 Å². The molecule has 0 saturated carbocycles. The van der Waals surface area contributed by atoms with Gasteiger partial charge in [0.1, 0.15) is 0 Å². The number of hydrogen-bond acceptors (Lipinski definition) is 2. The van der Waals surface area contributed by atoms with E-state index in [1.807, 2.05) is 20.0 Å². The largest absolute Gasteiger partial charge is 0.401 e. The van der Waals surface area contributed by atoms with Crippen LogP contribution in [0.25, 0.3) is 0 Å². The Morgan fingerprint density at radius 2 is 2.09 bits per heavy atom. The first kappa shape index (κ1) is 10.5. The average molecular weight is 156 g/mol. The topological polar surface area (TPSA) is 38.0 Å². The van der Waals surface area contributed by atoms with Gasteiger partial charge in [-0.15, -0.1) is 0 Å². The van der Waals surface area contributed by atoms with E-state index in [0.29, 0.717) is 12.0 Å². The van der Waals surface area contributed by atoms with E-state index in [1.165, 1.54) is 0 Å². The molecule has 0 aliphatic carbocycles. The molecule has 0 bridgehead atoms. The number of nitrogens with two attached hydrogens (primary N) is 1. The quantitative estimate of drug-likeness (QED) is 0.647. The zero-order chi connectivity index (χ0) is 8.85. The molecule has 0 aromatic heterocycles. The van der Waals surface area contributed by atoms with Crippen molar-refractivity contribution >= 4 is 0 Å². The molecule has 0 aliphatic heterocycles. The molecule has 1 unspecified atom stereocenters. The fraction of sp³-hybridized carbons (Fsp3) is 0.778. The van der Waals surface area contributed by atoms with Crippen LogP contribution >= 0.6 is 0 Å². The predicted molar refractivity (Wildman–Crippen MR) is 50.2 cm³/mol. The summed E-state index contributed by atoms with van der Waals surface area (Å²) in [7, 11) is 1.95. The highest BCUT2D eigenvalue weighted by Crippen LogP contribution is 2.08. The van der Waals surface area contributed by atoms with Crippen LogP contribution in [-0.4, -0.2) is 13.1 Å². The average Bonchev–Trinajstić information content (AvgIpc) is 1.98. The number of nitrogens with one attached hydrogen (secondary N) is 1. The Hall–Kier alpha value is -0.500. The third-order valence-corrected chi connectivity index (χ3v) is 1.79.